The standard InChI is InChI=1S/C16H22O3S/c1-12(2)15-9-8-13(10-16(15)17)11-20(18,19)14-6-4-3-5-7-14/h3-7,12-13,15H,8-11H2,1-2H3/t13-,15+/m0/s1. The van der Waals surface area contributed by atoms with Crippen molar-refractivity contribution in [1.29, 1.82) is 0 Å². The van der Waals surface area contributed by atoms with E-state index < -0.39 is 9.84 Å². The molecule has 1 fully saturated rings. The van der Waals surface area contributed by atoms with Gasteiger partial charge in [-0.3, -0.25) is 4.79 Å². The molecule has 1 aliphatic carbocycles. The maximum atomic E-state index is 12.3. The van der Waals surface area contributed by atoms with E-state index in [1.807, 2.05) is 0 Å². The highest BCUT2D eigenvalue weighted by Crippen LogP contribution is 2.32. The molecule has 0 aliphatic heterocycles. The van der Waals surface area contributed by atoms with Crippen LogP contribution >= 0.6 is 0 Å². The molecule has 0 N–H and O–H groups in total. The molecule has 0 aromatic heterocycles. The second-order valence-electron chi connectivity index (χ2n) is 6.06. The Hall–Kier alpha value is -1.16. The molecule has 110 valence electrons. The van der Waals surface area contributed by atoms with E-state index in [0.29, 0.717) is 17.2 Å². The number of rotatable bonds is 4. The quantitative estimate of drug-likeness (QED) is 0.857. The molecule has 0 spiro atoms. The number of benzene rings is 1. The lowest BCUT2D eigenvalue weighted by molar-refractivity contribution is -0.127. The smallest absolute Gasteiger partial charge is 0.178 e. The van der Waals surface area contributed by atoms with E-state index in [4.69, 9.17) is 0 Å². The van der Waals surface area contributed by atoms with Crippen molar-refractivity contribution in [3.63, 3.8) is 0 Å². The van der Waals surface area contributed by atoms with Gasteiger partial charge in [-0.15, -0.1) is 0 Å². The Morgan fingerprint density at radius 1 is 1.15 bits per heavy atom. The lowest BCUT2D eigenvalue weighted by Gasteiger charge is -2.29. The molecular formula is C16H22O3S. The lowest BCUT2D eigenvalue weighted by Crippen LogP contribution is -2.31. The topological polar surface area (TPSA) is 51.2 Å². The highest BCUT2D eigenvalue weighted by molar-refractivity contribution is 7.91. The van der Waals surface area contributed by atoms with Gasteiger partial charge in [-0.1, -0.05) is 32.0 Å². The van der Waals surface area contributed by atoms with Crippen LogP contribution in [0.3, 0.4) is 0 Å². The molecule has 1 aliphatic rings. The van der Waals surface area contributed by atoms with E-state index in [1.165, 1.54) is 0 Å². The van der Waals surface area contributed by atoms with Gasteiger partial charge in [-0.2, -0.15) is 0 Å². The fourth-order valence-electron chi connectivity index (χ4n) is 3.00. The van der Waals surface area contributed by atoms with Crippen molar-refractivity contribution in [2.24, 2.45) is 17.8 Å². The van der Waals surface area contributed by atoms with Crippen molar-refractivity contribution >= 4 is 15.6 Å². The number of ketones is 1. The Morgan fingerprint density at radius 3 is 2.35 bits per heavy atom. The van der Waals surface area contributed by atoms with Gasteiger partial charge >= 0.3 is 0 Å². The van der Waals surface area contributed by atoms with E-state index in [-0.39, 0.29) is 23.4 Å². The Labute approximate surface area is 121 Å². The maximum Gasteiger partial charge on any atom is 0.178 e. The van der Waals surface area contributed by atoms with Crippen LogP contribution in [0, 0.1) is 17.8 Å². The molecule has 2 rings (SSSR count). The van der Waals surface area contributed by atoms with Crippen molar-refractivity contribution in [1.82, 2.24) is 0 Å². The Kier molecular flexibility index (Phi) is 4.63. The summed E-state index contributed by atoms with van der Waals surface area (Å²) in [7, 11) is -3.27. The van der Waals surface area contributed by atoms with Crippen LogP contribution in [0.1, 0.15) is 33.1 Å². The van der Waals surface area contributed by atoms with E-state index in [2.05, 4.69) is 13.8 Å². The van der Waals surface area contributed by atoms with Crippen LogP contribution < -0.4 is 0 Å². The normalized spacial score (nSPS) is 24.1. The number of carbonyl (C=O) groups excluding carboxylic acids is 1. The molecule has 0 radical (unpaired) electrons. The van der Waals surface area contributed by atoms with Crippen LogP contribution in [0.4, 0.5) is 0 Å². The molecule has 0 amide bonds. The van der Waals surface area contributed by atoms with Gasteiger partial charge in [0.15, 0.2) is 9.84 Å². The molecular weight excluding hydrogens is 272 g/mol. The number of Topliss-reactive ketones (excluding diaryl/α,β-unsaturated/α-hetero) is 1. The van der Waals surface area contributed by atoms with Crippen LogP contribution in [0.2, 0.25) is 0 Å². The summed E-state index contributed by atoms with van der Waals surface area (Å²) in [6.07, 6.45) is 2.07. The molecule has 1 saturated carbocycles. The second kappa shape index (κ2) is 6.08. The van der Waals surface area contributed by atoms with Crippen LogP contribution in [0.15, 0.2) is 35.2 Å². The molecule has 2 atom stereocenters. The molecule has 0 unspecified atom stereocenters. The third-order valence-corrected chi connectivity index (χ3v) is 6.05. The van der Waals surface area contributed by atoms with Gasteiger partial charge in [0.2, 0.25) is 0 Å². The van der Waals surface area contributed by atoms with Gasteiger partial charge in [0, 0.05) is 12.3 Å². The molecule has 0 bridgehead atoms. The summed E-state index contributed by atoms with van der Waals surface area (Å²) >= 11 is 0. The molecule has 20 heavy (non-hydrogen) atoms. The predicted molar refractivity (Wildman–Crippen MR) is 79.2 cm³/mol. The van der Waals surface area contributed by atoms with Crippen LogP contribution in [0.25, 0.3) is 0 Å². The van der Waals surface area contributed by atoms with E-state index in [9.17, 15) is 13.2 Å². The van der Waals surface area contributed by atoms with Gasteiger partial charge < -0.3 is 0 Å². The summed E-state index contributed by atoms with van der Waals surface area (Å²) in [6, 6.07) is 8.51. The van der Waals surface area contributed by atoms with Crippen LogP contribution in [0.5, 0.6) is 0 Å². The summed E-state index contributed by atoms with van der Waals surface area (Å²) in [4.78, 5) is 12.4. The van der Waals surface area contributed by atoms with Crippen LogP contribution in [-0.2, 0) is 14.6 Å². The summed E-state index contributed by atoms with van der Waals surface area (Å²) < 4.78 is 24.6. The number of hydrogen-bond donors (Lipinski definition) is 0. The molecule has 0 saturated heterocycles. The summed E-state index contributed by atoms with van der Waals surface area (Å²) in [5, 5.41) is 0. The van der Waals surface area contributed by atoms with Crippen molar-refractivity contribution in [3.8, 4) is 0 Å². The third-order valence-electron chi connectivity index (χ3n) is 4.15. The Morgan fingerprint density at radius 2 is 1.80 bits per heavy atom. The van der Waals surface area contributed by atoms with Crippen molar-refractivity contribution in [2.75, 3.05) is 5.75 Å². The predicted octanol–water partition coefficient (Wildman–Crippen LogP) is 3.10. The highest BCUT2D eigenvalue weighted by Gasteiger charge is 2.32. The number of carbonyl (C=O) groups is 1. The van der Waals surface area contributed by atoms with Crippen LogP contribution in [-0.4, -0.2) is 20.0 Å². The van der Waals surface area contributed by atoms with Gasteiger partial charge in [0.1, 0.15) is 5.78 Å². The summed E-state index contributed by atoms with van der Waals surface area (Å²) in [5.41, 5.74) is 0. The minimum atomic E-state index is -3.27. The molecule has 4 heteroatoms. The van der Waals surface area contributed by atoms with E-state index in [0.717, 1.165) is 12.8 Å². The first kappa shape index (κ1) is 15.2. The average molecular weight is 294 g/mol. The van der Waals surface area contributed by atoms with Crippen molar-refractivity contribution < 1.29 is 13.2 Å². The first-order valence-electron chi connectivity index (χ1n) is 7.20. The zero-order valence-corrected chi connectivity index (χ0v) is 12.9. The van der Waals surface area contributed by atoms with Gasteiger partial charge in [0.25, 0.3) is 0 Å². The summed E-state index contributed by atoms with van der Waals surface area (Å²) in [5.74, 6) is 0.773. The Bertz CT molecular complexity index is 561. The zero-order valence-electron chi connectivity index (χ0n) is 12.1. The first-order chi connectivity index (χ1) is 9.40. The maximum absolute atomic E-state index is 12.3. The average Bonchev–Trinajstić information content (AvgIpc) is 2.39. The van der Waals surface area contributed by atoms with Crippen molar-refractivity contribution in [3.05, 3.63) is 30.3 Å². The number of hydrogen-bond acceptors (Lipinski definition) is 3. The monoisotopic (exact) mass is 294 g/mol. The minimum Gasteiger partial charge on any atom is -0.299 e. The molecule has 1 aromatic rings. The molecule has 1 aromatic carbocycles. The fraction of sp³-hybridized carbons (Fsp3) is 0.562. The largest absolute Gasteiger partial charge is 0.299 e. The van der Waals surface area contributed by atoms with E-state index >= 15 is 0 Å². The van der Waals surface area contributed by atoms with E-state index in [1.54, 1.807) is 30.3 Å². The van der Waals surface area contributed by atoms with Gasteiger partial charge in [-0.25, -0.2) is 8.42 Å². The second-order valence-corrected chi connectivity index (χ2v) is 8.09. The first-order valence-corrected chi connectivity index (χ1v) is 8.86. The molecule has 3 nitrogen and oxygen atoms in total. The fourth-order valence-corrected chi connectivity index (χ4v) is 4.67. The van der Waals surface area contributed by atoms with Gasteiger partial charge in [-0.05, 0) is 36.8 Å². The SMILES string of the molecule is CC(C)[C@H]1CC[C@H](CS(=O)(=O)c2ccccc2)CC1=O. The van der Waals surface area contributed by atoms with Gasteiger partial charge in [0.05, 0.1) is 10.6 Å². The number of sulfone groups is 1. The molecule has 0 heterocycles. The minimum absolute atomic E-state index is 0.0253. The lowest BCUT2D eigenvalue weighted by atomic mass is 9.76. The Balaban J connectivity index is 2.04. The zero-order chi connectivity index (χ0) is 14.8. The summed E-state index contributed by atoms with van der Waals surface area (Å²) in [6.45, 7) is 4.12. The van der Waals surface area contributed by atoms with Crippen molar-refractivity contribution in [2.45, 2.75) is 38.0 Å². The highest BCUT2D eigenvalue weighted by atomic mass is 32.2. The third kappa shape index (κ3) is 3.48.